The molecule has 0 aliphatic rings. The van der Waals surface area contributed by atoms with Crippen molar-refractivity contribution in [2.45, 2.75) is 13.1 Å². The Balaban J connectivity index is 1.93. The molecule has 0 aliphatic heterocycles. The van der Waals surface area contributed by atoms with Gasteiger partial charge in [0, 0.05) is 12.5 Å². The van der Waals surface area contributed by atoms with Crippen molar-refractivity contribution < 1.29 is 9.53 Å². The number of amides is 1. The van der Waals surface area contributed by atoms with E-state index in [9.17, 15) is 14.4 Å². The molecule has 0 radical (unpaired) electrons. The molecular formula is C24H22ClN5O4. The first kappa shape index (κ1) is 23.2. The average molecular weight is 480 g/mol. The lowest BCUT2D eigenvalue weighted by molar-refractivity contribution is 0.0986. The number of fused-ring (bicyclic) bond motifs is 1. The molecule has 34 heavy (non-hydrogen) atoms. The lowest BCUT2D eigenvalue weighted by Crippen LogP contribution is -2.41. The van der Waals surface area contributed by atoms with Gasteiger partial charge < -0.3 is 10.5 Å². The van der Waals surface area contributed by atoms with Gasteiger partial charge in [-0.15, -0.1) is 0 Å². The van der Waals surface area contributed by atoms with Crippen molar-refractivity contribution in [1.82, 2.24) is 14.5 Å². The molecular weight excluding hydrogens is 458 g/mol. The first-order valence-corrected chi connectivity index (χ1v) is 10.8. The Morgan fingerprint density at radius 2 is 1.85 bits per heavy atom. The molecule has 4 aromatic rings. The molecule has 0 aliphatic carbocycles. The van der Waals surface area contributed by atoms with Crippen LogP contribution in [0.2, 0.25) is 5.15 Å². The van der Waals surface area contributed by atoms with Gasteiger partial charge in [-0.1, -0.05) is 60.1 Å². The van der Waals surface area contributed by atoms with Crippen molar-refractivity contribution in [2.75, 3.05) is 24.4 Å². The van der Waals surface area contributed by atoms with Gasteiger partial charge in [-0.3, -0.25) is 24.0 Å². The number of nitrogens with zero attached hydrogens (tertiary/aromatic N) is 3. The summed E-state index contributed by atoms with van der Waals surface area (Å²) >= 11 is 6.21. The molecule has 0 saturated heterocycles. The summed E-state index contributed by atoms with van der Waals surface area (Å²) in [5.74, 6) is -0.655. The smallest absolute Gasteiger partial charge is 0.330 e. The van der Waals surface area contributed by atoms with E-state index in [1.54, 1.807) is 24.3 Å². The molecule has 9 nitrogen and oxygen atoms in total. The predicted molar refractivity (Wildman–Crippen MR) is 131 cm³/mol. The minimum absolute atomic E-state index is 0.0315. The number of rotatable bonds is 7. The van der Waals surface area contributed by atoms with Crippen LogP contribution in [0.25, 0.3) is 10.9 Å². The summed E-state index contributed by atoms with van der Waals surface area (Å²) in [7, 11) is 1.48. The zero-order valence-corrected chi connectivity index (χ0v) is 19.1. The maximum atomic E-state index is 13.9. The second-order valence-corrected chi connectivity index (χ2v) is 7.91. The van der Waals surface area contributed by atoms with Crippen molar-refractivity contribution >= 4 is 39.9 Å². The summed E-state index contributed by atoms with van der Waals surface area (Å²) in [6.45, 7) is 0.318. The van der Waals surface area contributed by atoms with E-state index < -0.39 is 17.2 Å². The number of ether oxygens (including phenoxy) is 1. The van der Waals surface area contributed by atoms with E-state index in [1.165, 1.54) is 22.6 Å². The highest BCUT2D eigenvalue weighted by molar-refractivity contribution is 6.30. The molecule has 0 fully saturated rings. The number of hydrogen-bond acceptors (Lipinski definition) is 6. The van der Waals surface area contributed by atoms with Crippen LogP contribution in [0.4, 0.5) is 11.5 Å². The largest absolute Gasteiger partial charge is 0.383 e. The van der Waals surface area contributed by atoms with Crippen LogP contribution in [0.3, 0.4) is 0 Å². The molecule has 2 heterocycles. The zero-order valence-electron chi connectivity index (χ0n) is 18.3. The number of nitrogens with one attached hydrogen (secondary N) is 1. The standard InChI is InChI=1S/C24H22ClN5O4/c1-34-12-11-29-21(26)20(22(31)28-24(29)33)30(14-15-7-3-2-4-8-15)23(32)17-13-19(25)27-18-10-6-5-9-16(17)18/h2-10,13H,11-12,14,26H2,1H3,(H,28,31,33). The van der Waals surface area contributed by atoms with Crippen LogP contribution in [0.15, 0.2) is 70.3 Å². The summed E-state index contributed by atoms with van der Waals surface area (Å²) in [5.41, 5.74) is 6.24. The highest BCUT2D eigenvalue weighted by atomic mass is 35.5. The molecule has 2 aromatic carbocycles. The predicted octanol–water partition coefficient (Wildman–Crippen LogP) is 2.81. The molecule has 0 spiro atoms. The van der Waals surface area contributed by atoms with Crippen LogP contribution in [-0.4, -0.2) is 34.2 Å². The SMILES string of the molecule is COCCn1c(N)c(N(Cc2ccccc2)C(=O)c2cc(Cl)nc3ccccc23)c(=O)[nH]c1=O. The fourth-order valence-electron chi connectivity index (χ4n) is 3.73. The minimum atomic E-state index is -0.773. The van der Waals surface area contributed by atoms with E-state index in [4.69, 9.17) is 22.1 Å². The van der Waals surface area contributed by atoms with Crippen LogP contribution in [0.5, 0.6) is 0 Å². The maximum Gasteiger partial charge on any atom is 0.330 e. The number of carbonyl (C=O) groups excluding carboxylic acids is 1. The van der Waals surface area contributed by atoms with Crippen molar-refractivity contribution in [3.8, 4) is 0 Å². The highest BCUT2D eigenvalue weighted by Gasteiger charge is 2.27. The fourth-order valence-corrected chi connectivity index (χ4v) is 3.93. The number of H-pyrrole nitrogens is 1. The third-order valence-electron chi connectivity index (χ3n) is 5.35. The number of carbonyl (C=O) groups is 1. The zero-order chi connectivity index (χ0) is 24.2. The van der Waals surface area contributed by atoms with Gasteiger partial charge in [-0.2, -0.15) is 0 Å². The average Bonchev–Trinajstić information content (AvgIpc) is 2.82. The number of nitrogen functional groups attached to an aromatic ring is 1. The Morgan fingerprint density at radius 1 is 1.15 bits per heavy atom. The molecule has 3 N–H and O–H groups in total. The van der Waals surface area contributed by atoms with Gasteiger partial charge in [0.05, 0.1) is 30.8 Å². The Kier molecular flexibility index (Phi) is 6.76. The Labute approximate surface area is 199 Å². The molecule has 10 heteroatoms. The fraction of sp³-hybridized carbons (Fsp3) is 0.167. The summed E-state index contributed by atoms with van der Waals surface area (Å²) in [5, 5.41) is 0.700. The number of para-hydroxylation sites is 1. The van der Waals surface area contributed by atoms with E-state index in [0.717, 1.165) is 5.56 Å². The van der Waals surface area contributed by atoms with Crippen LogP contribution in [0.1, 0.15) is 15.9 Å². The molecule has 0 atom stereocenters. The molecule has 1 amide bonds. The molecule has 0 unspecified atom stereocenters. The monoisotopic (exact) mass is 479 g/mol. The third-order valence-corrected chi connectivity index (χ3v) is 5.54. The lowest BCUT2D eigenvalue weighted by Gasteiger charge is -2.25. The number of pyridine rings is 1. The van der Waals surface area contributed by atoms with E-state index in [0.29, 0.717) is 10.9 Å². The van der Waals surface area contributed by atoms with Gasteiger partial charge >= 0.3 is 5.69 Å². The molecule has 0 saturated carbocycles. The van der Waals surface area contributed by atoms with Gasteiger partial charge in [-0.25, -0.2) is 9.78 Å². The van der Waals surface area contributed by atoms with Gasteiger partial charge in [-0.05, 0) is 17.7 Å². The quantitative estimate of drug-likeness (QED) is 0.393. The normalized spacial score (nSPS) is 11.0. The topological polar surface area (TPSA) is 123 Å². The van der Waals surface area contributed by atoms with E-state index >= 15 is 0 Å². The van der Waals surface area contributed by atoms with Crippen LogP contribution < -0.4 is 21.9 Å². The number of benzene rings is 2. The molecule has 0 bridgehead atoms. The molecule has 2 aromatic heterocycles. The number of nitrogens with two attached hydrogens (primary N) is 1. The third kappa shape index (κ3) is 4.57. The summed E-state index contributed by atoms with van der Waals surface area (Å²) in [4.78, 5) is 47.1. The Morgan fingerprint density at radius 3 is 2.59 bits per heavy atom. The number of anilines is 2. The summed E-state index contributed by atoms with van der Waals surface area (Å²) in [6, 6.07) is 17.6. The highest BCUT2D eigenvalue weighted by Crippen LogP contribution is 2.27. The number of halogens is 1. The number of methoxy groups -OCH3 is 1. The van der Waals surface area contributed by atoms with E-state index in [-0.39, 0.29) is 41.9 Å². The second kappa shape index (κ2) is 9.90. The maximum absolute atomic E-state index is 13.9. The molecule has 174 valence electrons. The van der Waals surface area contributed by atoms with Crippen molar-refractivity contribution in [1.29, 1.82) is 0 Å². The van der Waals surface area contributed by atoms with Crippen molar-refractivity contribution in [3.63, 3.8) is 0 Å². The van der Waals surface area contributed by atoms with E-state index in [1.807, 2.05) is 30.3 Å². The van der Waals surface area contributed by atoms with Gasteiger partial charge in [0.15, 0.2) is 5.69 Å². The summed E-state index contributed by atoms with van der Waals surface area (Å²) in [6.07, 6.45) is 0. The van der Waals surface area contributed by atoms with Crippen molar-refractivity contribution in [3.05, 3.63) is 97.8 Å². The number of aromatic amines is 1. The molecule has 4 rings (SSSR count). The van der Waals surface area contributed by atoms with Gasteiger partial charge in [0.2, 0.25) is 0 Å². The van der Waals surface area contributed by atoms with Gasteiger partial charge in [0.1, 0.15) is 11.0 Å². The second-order valence-electron chi connectivity index (χ2n) is 7.52. The summed E-state index contributed by atoms with van der Waals surface area (Å²) < 4.78 is 6.22. The van der Waals surface area contributed by atoms with Gasteiger partial charge in [0.25, 0.3) is 11.5 Å². The van der Waals surface area contributed by atoms with E-state index in [2.05, 4.69) is 9.97 Å². The first-order chi connectivity index (χ1) is 16.4. The lowest BCUT2D eigenvalue weighted by atomic mass is 10.1. The number of hydrogen-bond donors (Lipinski definition) is 2. The van der Waals surface area contributed by atoms with Crippen LogP contribution in [0, 0.1) is 0 Å². The van der Waals surface area contributed by atoms with Crippen molar-refractivity contribution in [2.24, 2.45) is 0 Å². The Hall–Kier alpha value is -3.95. The van der Waals surface area contributed by atoms with Crippen LogP contribution in [-0.2, 0) is 17.8 Å². The Bertz CT molecular complexity index is 1470. The first-order valence-electron chi connectivity index (χ1n) is 10.4. The number of aromatic nitrogens is 3. The minimum Gasteiger partial charge on any atom is -0.383 e. The van der Waals surface area contributed by atoms with Crippen LogP contribution >= 0.6 is 11.6 Å².